The third-order valence-corrected chi connectivity index (χ3v) is 6.84. The molecular weight excluding hydrogens is 363 g/mol. The van der Waals surface area contributed by atoms with Crippen LogP contribution in [0.2, 0.25) is 0 Å². The summed E-state index contributed by atoms with van der Waals surface area (Å²) in [7, 11) is -3.92. The smallest absolute Gasteiger partial charge is 0.262 e. The summed E-state index contributed by atoms with van der Waals surface area (Å²) in [6.07, 6.45) is 0.0653. The maximum atomic E-state index is 13.3. The number of thioether (sulfide) groups is 1. The molecule has 8 heteroatoms. The second-order valence-corrected chi connectivity index (χ2v) is 9.25. The number of carbonyl (C=O) groups excluding carboxylic acids is 1. The quantitative estimate of drug-likeness (QED) is 0.892. The van der Waals surface area contributed by atoms with E-state index in [0.717, 1.165) is 11.0 Å². The van der Waals surface area contributed by atoms with E-state index < -0.39 is 15.8 Å². The molecule has 2 aromatic carbocycles. The molecule has 0 radical (unpaired) electrons. The first kappa shape index (κ1) is 16.4. The average Bonchev–Trinajstić information content (AvgIpc) is 2.84. The van der Waals surface area contributed by atoms with Crippen LogP contribution in [0.15, 0.2) is 46.2 Å². The number of hydrogen-bond acceptors (Lipinski definition) is 4. The number of hydrogen-bond donors (Lipinski definition) is 1. The van der Waals surface area contributed by atoms with Crippen LogP contribution in [0.4, 0.5) is 15.8 Å². The number of carbonyl (C=O) groups is 1. The van der Waals surface area contributed by atoms with Crippen LogP contribution >= 0.6 is 11.8 Å². The molecule has 2 aliphatic heterocycles. The molecule has 0 aromatic heterocycles. The largest absolute Gasteiger partial charge is 0.310 e. The fourth-order valence-electron chi connectivity index (χ4n) is 3.25. The van der Waals surface area contributed by atoms with E-state index in [1.165, 1.54) is 24.3 Å². The molecule has 5 nitrogen and oxygen atoms in total. The molecule has 0 saturated heterocycles. The molecule has 2 aromatic rings. The van der Waals surface area contributed by atoms with Gasteiger partial charge in [-0.1, -0.05) is 13.0 Å². The molecule has 0 fully saturated rings. The fraction of sp³-hybridized carbons (Fsp3) is 0.235. The van der Waals surface area contributed by atoms with Crippen molar-refractivity contribution in [2.45, 2.75) is 28.4 Å². The summed E-state index contributed by atoms with van der Waals surface area (Å²) < 4.78 is 41.3. The van der Waals surface area contributed by atoms with Crippen molar-refractivity contribution in [3.8, 4) is 0 Å². The number of nitrogens with one attached hydrogen (secondary N) is 1. The van der Waals surface area contributed by atoms with Gasteiger partial charge in [-0.2, -0.15) is 0 Å². The van der Waals surface area contributed by atoms with Crippen LogP contribution in [-0.2, 0) is 21.2 Å². The lowest BCUT2D eigenvalue weighted by Crippen LogP contribution is -2.35. The molecule has 0 spiro atoms. The Bertz CT molecular complexity index is 991. The molecule has 4 rings (SSSR count). The van der Waals surface area contributed by atoms with Crippen molar-refractivity contribution in [2.75, 3.05) is 16.2 Å². The van der Waals surface area contributed by atoms with E-state index in [1.54, 1.807) is 22.7 Å². The second-order valence-electron chi connectivity index (χ2n) is 6.11. The lowest BCUT2D eigenvalue weighted by atomic mass is 10.1. The highest BCUT2D eigenvalue weighted by molar-refractivity contribution is 8.00. The van der Waals surface area contributed by atoms with E-state index in [9.17, 15) is 17.6 Å². The molecule has 0 aliphatic carbocycles. The zero-order valence-corrected chi connectivity index (χ0v) is 15.0. The maximum absolute atomic E-state index is 13.3. The highest BCUT2D eigenvalue weighted by Crippen LogP contribution is 2.46. The number of sulfonamides is 1. The topological polar surface area (TPSA) is 66.5 Å². The fourth-order valence-corrected chi connectivity index (χ4v) is 5.68. The average molecular weight is 378 g/mol. The molecule has 25 heavy (non-hydrogen) atoms. The van der Waals surface area contributed by atoms with Crippen LogP contribution in [0.5, 0.6) is 0 Å². The predicted octanol–water partition coefficient (Wildman–Crippen LogP) is 3.01. The Hall–Kier alpha value is -2.06. The molecule has 2 aliphatic rings. The van der Waals surface area contributed by atoms with Crippen LogP contribution in [0.3, 0.4) is 0 Å². The van der Waals surface area contributed by atoms with Gasteiger partial charge in [0.05, 0.1) is 22.7 Å². The Morgan fingerprint density at radius 3 is 2.84 bits per heavy atom. The molecule has 1 atom stereocenters. The molecule has 130 valence electrons. The molecule has 2 heterocycles. The van der Waals surface area contributed by atoms with Gasteiger partial charge in [0, 0.05) is 22.3 Å². The summed E-state index contributed by atoms with van der Waals surface area (Å²) in [5.74, 6) is -0.612. The van der Waals surface area contributed by atoms with E-state index in [0.29, 0.717) is 17.8 Å². The van der Waals surface area contributed by atoms with Crippen molar-refractivity contribution in [1.82, 2.24) is 0 Å². The summed E-state index contributed by atoms with van der Waals surface area (Å²) >= 11 is 1.64. The van der Waals surface area contributed by atoms with Gasteiger partial charge in [-0.25, -0.2) is 12.8 Å². The Labute approximate surface area is 149 Å². The molecule has 0 saturated carbocycles. The van der Waals surface area contributed by atoms with E-state index in [-0.39, 0.29) is 28.2 Å². The Balaban J connectivity index is 1.79. The van der Waals surface area contributed by atoms with Crippen LogP contribution in [0.1, 0.15) is 12.5 Å². The van der Waals surface area contributed by atoms with Crippen LogP contribution in [0, 0.1) is 5.82 Å². The van der Waals surface area contributed by atoms with Gasteiger partial charge in [0.2, 0.25) is 5.91 Å². The first-order valence-corrected chi connectivity index (χ1v) is 10.1. The lowest BCUT2D eigenvalue weighted by Gasteiger charge is -2.29. The van der Waals surface area contributed by atoms with Gasteiger partial charge in [0.15, 0.2) is 0 Å². The van der Waals surface area contributed by atoms with Gasteiger partial charge >= 0.3 is 0 Å². The van der Waals surface area contributed by atoms with Crippen molar-refractivity contribution in [3.63, 3.8) is 0 Å². The third kappa shape index (κ3) is 2.79. The summed E-state index contributed by atoms with van der Waals surface area (Å²) in [5, 5.41) is 0.260. The number of nitrogens with zero attached hydrogens (tertiary/aromatic N) is 1. The van der Waals surface area contributed by atoms with E-state index >= 15 is 0 Å². The summed E-state index contributed by atoms with van der Waals surface area (Å²) in [6, 6.07) is 8.54. The standard InChI is InChI=1S/C17H15FN2O3S2/c1-10-9-20-16(21)8-13-15(6-5-14(24-10)17(13)20)25(22,23)19-12-4-2-3-11(18)7-12/h2-7,10,19H,8-9H2,1H3/t10-/m1/s1. The van der Waals surface area contributed by atoms with Crippen LogP contribution in [-0.4, -0.2) is 26.1 Å². The number of benzene rings is 2. The lowest BCUT2D eigenvalue weighted by molar-refractivity contribution is -0.117. The number of halogens is 1. The molecular formula is C17H15FN2O3S2. The third-order valence-electron chi connectivity index (χ3n) is 4.24. The van der Waals surface area contributed by atoms with Gasteiger partial charge in [0.25, 0.3) is 10.0 Å². The van der Waals surface area contributed by atoms with Gasteiger partial charge in [0.1, 0.15) is 5.82 Å². The van der Waals surface area contributed by atoms with Crippen molar-refractivity contribution >= 4 is 39.1 Å². The minimum atomic E-state index is -3.92. The van der Waals surface area contributed by atoms with E-state index in [4.69, 9.17) is 0 Å². The number of rotatable bonds is 3. The summed E-state index contributed by atoms with van der Waals surface area (Å²) in [5.41, 5.74) is 1.37. The van der Waals surface area contributed by atoms with E-state index in [2.05, 4.69) is 4.72 Å². The predicted molar refractivity (Wildman–Crippen MR) is 95.0 cm³/mol. The molecule has 1 N–H and O–H groups in total. The van der Waals surface area contributed by atoms with Crippen LogP contribution in [0.25, 0.3) is 0 Å². The van der Waals surface area contributed by atoms with Crippen molar-refractivity contribution < 1.29 is 17.6 Å². The van der Waals surface area contributed by atoms with Crippen LogP contribution < -0.4 is 9.62 Å². The van der Waals surface area contributed by atoms with Crippen molar-refractivity contribution in [3.05, 3.63) is 47.8 Å². The minimum Gasteiger partial charge on any atom is -0.310 e. The molecule has 1 amide bonds. The monoisotopic (exact) mass is 378 g/mol. The Morgan fingerprint density at radius 1 is 1.28 bits per heavy atom. The Morgan fingerprint density at radius 2 is 2.08 bits per heavy atom. The first-order chi connectivity index (χ1) is 11.8. The summed E-state index contributed by atoms with van der Waals surface area (Å²) in [6.45, 7) is 2.61. The van der Waals surface area contributed by atoms with Gasteiger partial charge < -0.3 is 4.90 Å². The zero-order chi connectivity index (χ0) is 17.8. The summed E-state index contributed by atoms with van der Waals surface area (Å²) in [4.78, 5) is 15.0. The maximum Gasteiger partial charge on any atom is 0.262 e. The SMILES string of the molecule is C[C@@H]1CN2C(=O)Cc3c(S(=O)(=O)Nc4cccc(F)c4)ccc(c32)S1. The molecule has 0 unspecified atom stereocenters. The molecule has 0 bridgehead atoms. The first-order valence-electron chi connectivity index (χ1n) is 7.76. The van der Waals surface area contributed by atoms with Gasteiger partial charge in [-0.15, -0.1) is 11.8 Å². The minimum absolute atomic E-state index is 0.0653. The number of anilines is 2. The van der Waals surface area contributed by atoms with Crippen molar-refractivity contribution in [1.29, 1.82) is 0 Å². The highest BCUT2D eigenvalue weighted by Gasteiger charge is 2.38. The Kier molecular flexibility index (Phi) is 3.77. The highest BCUT2D eigenvalue weighted by atomic mass is 32.2. The van der Waals surface area contributed by atoms with Gasteiger partial charge in [-0.3, -0.25) is 9.52 Å². The van der Waals surface area contributed by atoms with Crippen molar-refractivity contribution in [2.24, 2.45) is 0 Å². The number of amides is 1. The normalized spacial score (nSPS) is 19.0. The van der Waals surface area contributed by atoms with E-state index in [1.807, 2.05) is 6.92 Å². The zero-order valence-electron chi connectivity index (χ0n) is 13.3. The van der Waals surface area contributed by atoms with Gasteiger partial charge in [-0.05, 0) is 30.3 Å². The second kappa shape index (κ2) is 5.74.